The maximum atomic E-state index is 6.33. The third kappa shape index (κ3) is 3.85. The number of hydrogen-bond acceptors (Lipinski definition) is 6. The molecule has 1 aliphatic carbocycles. The number of nitrogens with zero attached hydrogens (tertiary/aromatic N) is 4. The fourth-order valence-electron chi connectivity index (χ4n) is 3.99. The van der Waals surface area contributed by atoms with Crippen molar-refractivity contribution in [3.8, 4) is 17.3 Å². The van der Waals surface area contributed by atoms with Crippen molar-refractivity contribution in [3.05, 3.63) is 54.1 Å². The lowest BCUT2D eigenvalue weighted by Crippen LogP contribution is -2.31. The van der Waals surface area contributed by atoms with Crippen LogP contribution in [-0.4, -0.2) is 46.2 Å². The second kappa shape index (κ2) is 7.65. The number of aryl methyl sites for hydroxylation is 1. The number of fused-ring (bicyclic) bond motifs is 1. The van der Waals surface area contributed by atoms with E-state index in [2.05, 4.69) is 28.3 Å². The van der Waals surface area contributed by atoms with Gasteiger partial charge in [-0.1, -0.05) is 0 Å². The van der Waals surface area contributed by atoms with Crippen LogP contribution in [0.4, 0.5) is 11.5 Å². The predicted octanol–water partition coefficient (Wildman–Crippen LogP) is 3.93. The summed E-state index contributed by atoms with van der Waals surface area (Å²) in [6.07, 6.45) is 6.52. The van der Waals surface area contributed by atoms with Crippen LogP contribution in [-0.2, 0) is 6.54 Å². The van der Waals surface area contributed by atoms with Crippen molar-refractivity contribution in [3.63, 3.8) is 0 Å². The summed E-state index contributed by atoms with van der Waals surface area (Å²) in [5, 5.41) is 3.39. The molecule has 0 bridgehead atoms. The maximum Gasteiger partial charge on any atom is 0.220 e. The maximum absolute atomic E-state index is 6.33. The number of hydrogen-bond donors (Lipinski definition) is 1. The van der Waals surface area contributed by atoms with Crippen LogP contribution in [0.2, 0.25) is 0 Å². The number of likely N-dealkylation sites (N-methyl/N-ethyl adjacent to an activating group) is 1. The Morgan fingerprint density at radius 1 is 1.20 bits per heavy atom. The number of benzene rings is 1. The summed E-state index contributed by atoms with van der Waals surface area (Å²) < 4.78 is 13.9. The third-order valence-corrected chi connectivity index (χ3v) is 5.72. The van der Waals surface area contributed by atoms with Gasteiger partial charge in [0.05, 0.1) is 24.8 Å². The molecule has 1 aliphatic heterocycles. The minimum atomic E-state index is 0.233. The summed E-state index contributed by atoms with van der Waals surface area (Å²) in [5.74, 6) is 2.94. The van der Waals surface area contributed by atoms with Gasteiger partial charge in [-0.15, -0.1) is 0 Å². The summed E-state index contributed by atoms with van der Waals surface area (Å²) in [6, 6.07) is 10.1. The highest BCUT2D eigenvalue weighted by atomic mass is 16.5. The van der Waals surface area contributed by atoms with Gasteiger partial charge in [-0.3, -0.25) is 4.90 Å². The molecule has 0 saturated heterocycles. The van der Waals surface area contributed by atoms with E-state index in [1.54, 1.807) is 13.4 Å². The van der Waals surface area contributed by atoms with Crippen molar-refractivity contribution in [2.75, 3.05) is 26.0 Å². The molecule has 156 valence electrons. The first-order chi connectivity index (χ1) is 14.6. The highest BCUT2D eigenvalue weighted by molar-refractivity contribution is 5.63. The van der Waals surface area contributed by atoms with E-state index >= 15 is 0 Å². The monoisotopic (exact) mass is 405 g/mol. The van der Waals surface area contributed by atoms with Gasteiger partial charge in [0.2, 0.25) is 5.88 Å². The first-order valence-electron chi connectivity index (χ1n) is 10.4. The van der Waals surface area contributed by atoms with E-state index in [-0.39, 0.29) is 6.10 Å². The standard InChI is InChI=1S/C23H27N5O2/c1-15-11-28(14-24-15)19-8-7-18(10-20(19)29-3)25-22-9-6-17-12-27(2)13-21(16-4-5-16)30-23(17)26-22/h6-11,14,16,21H,4-5,12-13H2,1-3H3,(H,25,26). The lowest BCUT2D eigenvalue weighted by atomic mass is 10.2. The number of anilines is 2. The lowest BCUT2D eigenvalue weighted by molar-refractivity contribution is 0.138. The Bertz CT molecular complexity index is 1060. The minimum Gasteiger partial charge on any atom is -0.494 e. The average molecular weight is 406 g/mol. The van der Waals surface area contributed by atoms with Gasteiger partial charge < -0.3 is 19.4 Å². The van der Waals surface area contributed by atoms with E-state index < -0.39 is 0 Å². The number of imidazole rings is 1. The van der Waals surface area contributed by atoms with Gasteiger partial charge in [-0.25, -0.2) is 4.98 Å². The van der Waals surface area contributed by atoms with Crippen LogP contribution < -0.4 is 14.8 Å². The highest BCUT2D eigenvalue weighted by Gasteiger charge is 2.36. The van der Waals surface area contributed by atoms with Crippen LogP contribution in [0.3, 0.4) is 0 Å². The molecule has 1 fully saturated rings. The van der Waals surface area contributed by atoms with E-state index in [1.165, 1.54) is 12.8 Å². The zero-order chi connectivity index (χ0) is 20.7. The largest absolute Gasteiger partial charge is 0.494 e. The van der Waals surface area contributed by atoms with Crippen molar-refractivity contribution >= 4 is 11.5 Å². The Morgan fingerprint density at radius 2 is 2.07 bits per heavy atom. The van der Waals surface area contributed by atoms with Gasteiger partial charge in [-0.05, 0) is 57.0 Å². The molecule has 1 N–H and O–H groups in total. The van der Waals surface area contributed by atoms with Crippen LogP contribution in [0.1, 0.15) is 24.1 Å². The first-order valence-corrected chi connectivity index (χ1v) is 10.4. The zero-order valence-electron chi connectivity index (χ0n) is 17.6. The predicted molar refractivity (Wildman–Crippen MR) is 116 cm³/mol. The Morgan fingerprint density at radius 3 is 2.80 bits per heavy atom. The molecule has 2 aromatic heterocycles. The van der Waals surface area contributed by atoms with Gasteiger partial charge in [0.1, 0.15) is 17.7 Å². The summed E-state index contributed by atoms with van der Waals surface area (Å²) >= 11 is 0. The molecule has 1 saturated carbocycles. The smallest absolute Gasteiger partial charge is 0.220 e. The molecule has 0 amide bonds. The molecule has 1 atom stereocenters. The molecular weight excluding hydrogens is 378 g/mol. The Balaban J connectivity index is 1.39. The van der Waals surface area contributed by atoms with Gasteiger partial charge in [-0.2, -0.15) is 4.98 Å². The number of pyridine rings is 1. The second-order valence-electron chi connectivity index (χ2n) is 8.29. The topological polar surface area (TPSA) is 64.4 Å². The summed E-state index contributed by atoms with van der Waals surface area (Å²) in [6.45, 7) is 3.78. The van der Waals surface area contributed by atoms with Crippen LogP contribution in [0, 0.1) is 12.8 Å². The zero-order valence-corrected chi connectivity index (χ0v) is 17.6. The number of aromatic nitrogens is 3. The minimum absolute atomic E-state index is 0.233. The summed E-state index contributed by atoms with van der Waals surface area (Å²) in [7, 11) is 3.82. The van der Waals surface area contributed by atoms with Crippen LogP contribution >= 0.6 is 0 Å². The fourth-order valence-corrected chi connectivity index (χ4v) is 3.99. The molecular formula is C23H27N5O2. The molecule has 1 unspecified atom stereocenters. The highest BCUT2D eigenvalue weighted by Crippen LogP contribution is 2.37. The van der Waals surface area contributed by atoms with E-state index in [4.69, 9.17) is 14.5 Å². The first kappa shape index (κ1) is 18.9. The normalized spacial score (nSPS) is 19.0. The molecule has 1 aromatic carbocycles. The Hall–Kier alpha value is -3.06. The van der Waals surface area contributed by atoms with Crippen molar-refractivity contribution in [2.24, 2.45) is 5.92 Å². The van der Waals surface area contributed by atoms with E-state index in [0.29, 0.717) is 5.92 Å². The number of methoxy groups -OCH3 is 1. The molecule has 3 heterocycles. The van der Waals surface area contributed by atoms with Gasteiger partial charge in [0, 0.05) is 36.6 Å². The quantitative estimate of drug-likeness (QED) is 0.694. The van der Waals surface area contributed by atoms with Crippen molar-refractivity contribution in [1.29, 1.82) is 0 Å². The molecule has 7 heteroatoms. The molecule has 0 spiro atoms. The average Bonchev–Trinajstić information content (AvgIpc) is 3.51. The molecule has 7 nitrogen and oxygen atoms in total. The van der Waals surface area contributed by atoms with Gasteiger partial charge in [0.25, 0.3) is 0 Å². The number of nitrogens with one attached hydrogen (secondary N) is 1. The third-order valence-electron chi connectivity index (χ3n) is 5.72. The molecule has 2 aliphatic rings. The summed E-state index contributed by atoms with van der Waals surface area (Å²) in [4.78, 5) is 11.4. The van der Waals surface area contributed by atoms with Crippen LogP contribution in [0.25, 0.3) is 5.69 Å². The number of rotatable bonds is 5. The second-order valence-corrected chi connectivity index (χ2v) is 8.29. The van der Waals surface area contributed by atoms with Crippen LogP contribution in [0.5, 0.6) is 11.6 Å². The number of ether oxygens (including phenoxy) is 2. The van der Waals surface area contributed by atoms with Gasteiger partial charge >= 0.3 is 0 Å². The van der Waals surface area contributed by atoms with Crippen LogP contribution in [0.15, 0.2) is 42.9 Å². The van der Waals surface area contributed by atoms with E-state index in [0.717, 1.165) is 53.2 Å². The van der Waals surface area contributed by atoms with E-state index in [9.17, 15) is 0 Å². The summed E-state index contributed by atoms with van der Waals surface area (Å²) in [5.41, 5.74) is 3.94. The molecule has 5 rings (SSSR count). The molecule has 3 aromatic rings. The van der Waals surface area contributed by atoms with Crippen molar-refractivity contribution in [1.82, 2.24) is 19.4 Å². The lowest BCUT2D eigenvalue weighted by Gasteiger charge is -2.19. The van der Waals surface area contributed by atoms with Gasteiger partial charge in [0.15, 0.2) is 0 Å². The molecule has 0 radical (unpaired) electrons. The van der Waals surface area contributed by atoms with Crippen molar-refractivity contribution < 1.29 is 9.47 Å². The van der Waals surface area contributed by atoms with Crippen molar-refractivity contribution in [2.45, 2.75) is 32.4 Å². The Labute approximate surface area is 176 Å². The SMILES string of the molecule is COc1cc(Nc2ccc3c(n2)OC(C2CC2)CN(C)C3)ccc1-n1cnc(C)c1. The fraction of sp³-hybridized carbons (Fsp3) is 0.391. The molecule has 30 heavy (non-hydrogen) atoms. The Kier molecular flexibility index (Phi) is 4.83. The van der Waals surface area contributed by atoms with E-state index in [1.807, 2.05) is 42.0 Å².